The molecule has 0 saturated heterocycles. The molecule has 1 atom stereocenters. The molecule has 0 saturated carbocycles. The molecule has 0 aliphatic carbocycles. The first-order valence-corrected chi connectivity index (χ1v) is 5.94. The van der Waals surface area contributed by atoms with E-state index in [1.165, 1.54) is 11.9 Å². The summed E-state index contributed by atoms with van der Waals surface area (Å²) >= 11 is 0. The number of nitrogens with two attached hydrogens (primary N) is 2. The van der Waals surface area contributed by atoms with Crippen molar-refractivity contribution in [1.29, 1.82) is 0 Å². The molecule has 0 rings (SSSR count). The molecular weight excluding hydrogens is 293 g/mol. The van der Waals surface area contributed by atoms with Gasteiger partial charge in [0, 0.05) is 18.8 Å². The number of nitrogens with zero attached hydrogens (tertiary/aromatic N) is 1. The number of likely N-dealkylation sites (N-methyl/N-ethyl adjacent to an activating group) is 1. The first-order chi connectivity index (χ1) is 9.48. The number of hydrogen-bond acceptors (Lipinski definition) is 3. The van der Waals surface area contributed by atoms with Crippen molar-refractivity contribution in [3.63, 3.8) is 0 Å². The molecule has 0 heterocycles. The number of rotatable bonds is 6. The number of hydrogen-bond donors (Lipinski definition) is 2. The van der Waals surface area contributed by atoms with E-state index >= 15 is 0 Å². The van der Waals surface area contributed by atoms with Gasteiger partial charge < -0.3 is 16.4 Å². The van der Waals surface area contributed by atoms with Crippen LogP contribution in [0.15, 0.2) is 23.0 Å². The van der Waals surface area contributed by atoms with Crippen LogP contribution in [-0.4, -0.2) is 37.6 Å². The summed E-state index contributed by atoms with van der Waals surface area (Å²) in [7, 11) is 1.40. The summed E-state index contributed by atoms with van der Waals surface area (Å²) < 4.78 is 62.6. The Morgan fingerprint density at radius 2 is 1.86 bits per heavy atom. The van der Waals surface area contributed by atoms with E-state index < -0.39 is 29.8 Å². The molecule has 0 aliphatic heterocycles. The quantitative estimate of drug-likeness (QED) is 0.448. The maximum absolute atomic E-state index is 12.7. The number of terminal acetylenes is 1. The summed E-state index contributed by atoms with van der Waals surface area (Å²) in [6, 6.07) is 0. The fourth-order valence-electron chi connectivity index (χ4n) is 1.53. The van der Waals surface area contributed by atoms with Crippen molar-refractivity contribution in [2.45, 2.75) is 19.5 Å². The number of halogens is 5. The van der Waals surface area contributed by atoms with Gasteiger partial charge in [0.2, 0.25) is 0 Å². The Morgan fingerprint density at radius 1 is 1.33 bits per heavy atom. The van der Waals surface area contributed by atoms with E-state index in [0.717, 1.165) is 13.0 Å². The van der Waals surface area contributed by atoms with Crippen molar-refractivity contribution >= 4 is 0 Å². The number of alkyl halides is 5. The fourth-order valence-corrected chi connectivity index (χ4v) is 1.53. The molecule has 0 aliphatic rings. The van der Waals surface area contributed by atoms with Gasteiger partial charge in [-0.25, -0.2) is 8.78 Å². The van der Waals surface area contributed by atoms with Crippen LogP contribution in [0, 0.1) is 18.3 Å². The molecule has 0 bridgehead atoms. The van der Waals surface area contributed by atoms with Gasteiger partial charge in [-0.2, -0.15) is 13.2 Å². The van der Waals surface area contributed by atoms with Gasteiger partial charge in [0.1, 0.15) is 0 Å². The third-order valence-corrected chi connectivity index (χ3v) is 2.64. The molecule has 4 N–H and O–H groups in total. The Bertz CT molecular complexity index is 446. The van der Waals surface area contributed by atoms with Crippen LogP contribution in [0.5, 0.6) is 0 Å². The Hall–Kier alpha value is -1.75. The highest BCUT2D eigenvalue weighted by Gasteiger charge is 2.36. The predicted molar refractivity (Wildman–Crippen MR) is 71.0 cm³/mol. The van der Waals surface area contributed by atoms with Gasteiger partial charge in [-0.15, -0.1) is 6.42 Å². The molecule has 0 fully saturated rings. The lowest BCUT2D eigenvalue weighted by molar-refractivity contribution is -0.173. The Morgan fingerprint density at radius 3 is 2.24 bits per heavy atom. The van der Waals surface area contributed by atoms with E-state index in [-0.39, 0.29) is 18.8 Å². The van der Waals surface area contributed by atoms with Crippen molar-refractivity contribution in [3.8, 4) is 12.3 Å². The van der Waals surface area contributed by atoms with E-state index in [2.05, 4.69) is 0 Å². The van der Waals surface area contributed by atoms with Crippen LogP contribution in [0.3, 0.4) is 0 Å². The normalized spacial score (nSPS) is 15.9. The Labute approximate surface area is 120 Å². The van der Waals surface area contributed by atoms with Crippen molar-refractivity contribution in [2.24, 2.45) is 17.4 Å². The second-order valence-electron chi connectivity index (χ2n) is 4.67. The minimum atomic E-state index is -4.32. The average Bonchev–Trinajstić information content (AvgIpc) is 2.33. The maximum atomic E-state index is 12.7. The summed E-state index contributed by atoms with van der Waals surface area (Å²) in [5.74, 6) is 0.313. The predicted octanol–water partition coefficient (Wildman–Crippen LogP) is 2.07. The third kappa shape index (κ3) is 6.99. The molecule has 0 radical (unpaired) electrons. The summed E-state index contributed by atoms with van der Waals surface area (Å²) in [6.45, 7) is 0.599. The van der Waals surface area contributed by atoms with E-state index in [1.807, 2.05) is 5.92 Å². The zero-order valence-corrected chi connectivity index (χ0v) is 11.7. The first kappa shape index (κ1) is 19.2. The smallest absolute Gasteiger partial charge is 0.392 e. The minimum Gasteiger partial charge on any atom is -0.401 e. The number of allylic oxidation sites excluding steroid dienone is 3. The van der Waals surface area contributed by atoms with Crippen molar-refractivity contribution in [2.75, 3.05) is 20.1 Å². The summed E-state index contributed by atoms with van der Waals surface area (Å²) in [4.78, 5) is 1.28. The lowest BCUT2D eigenvalue weighted by atomic mass is 10.1. The highest BCUT2D eigenvalue weighted by molar-refractivity contribution is 5.37. The van der Waals surface area contributed by atoms with Gasteiger partial charge >= 0.3 is 6.18 Å². The van der Waals surface area contributed by atoms with Gasteiger partial charge in [-0.1, -0.05) is 12.8 Å². The molecule has 0 amide bonds. The summed E-state index contributed by atoms with van der Waals surface area (Å²) in [5.41, 5.74) is 9.64. The van der Waals surface area contributed by atoms with Crippen LogP contribution < -0.4 is 11.5 Å². The maximum Gasteiger partial charge on any atom is 0.392 e. The van der Waals surface area contributed by atoms with E-state index in [4.69, 9.17) is 17.9 Å². The van der Waals surface area contributed by atoms with Crippen LogP contribution in [0.2, 0.25) is 0 Å². The van der Waals surface area contributed by atoms with Crippen LogP contribution in [0.25, 0.3) is 0 Å². The van der Waals surface area contributed by atoms with Crippen LogP contribution in [-0.2, 0) is 0 Å². The van der Waals surface area contributed by atoms with Gasteiger partial charge in [-0.05, 0) is 13.1 Å². The molecule has 21 heavy (non-hydrogen) atoms. The topological polar surface area (TPSA) is 55.3 Å². The highest BCUT2D eigenvalue weighted by atomic mass is 19.4. The molecule has 0 aromatic rings. The molecule has 0 aromatic heterocycles. The first-order valence-electron chi connectivity index (χ1n) is 5.94. The zero-order chi connectivity index (χ0) is 16.8. The third-order valence-electron chi connectivity index (χ3n) is 2.64. The molecule has 0 aromatic carbocycles. The Kier molecular flexibility index (Phi) is 7.22. The average molecular weight is 311 g/mol. The summed E-state index contributed by atoms with van der Waals surface area (Å²) in [6.07, 6.45) is -1.42. The Balaban J connectivity index is 4.86. The fraction of sp³-hybridized carbons (Fsp3) is 0.538. The molecule has 0 spiro atoms. The van der Waals surface area contributed by atoms with Crippen molar-refractivity contribution < 1.29 is 22.0 Å². The van der Waals surface area contributed by atoms with E-state index in [9.17, 15) is 22.0 Å². The standard InChI is InChI=1S/C13H18F5N3/c1-4-11(20)10(12(14)15)5-9(19)7-21(3)6-8(2)13(16,17)18/h1,5,8,12H,6-7,19-20H2,2-3H3/b9-5+,11-10+. The van der Waals surface area contributed by atoms with Crippen LogP contribution >= 0.6 is 0 Å². The molecule has 3 nitrogen and oxygen atoms in total. The summed E-state index contributed by atoms with van der Waals surface area (Å²) in [5, 5.41) is 0. The van der Waals surface area contributed by atoms with Crippen molar-refractivity contribution in [1.82, 2.24) is 4.90 Å². The largest absolute Gasteiger partial charge is 0.401 e. The second kappa shape index (κ2) is 7.88. The lowest BCUT2D eigenvalue weighted by Gasteiger charge is -2.23. The van der Waals surface area contributed by atoms with Gasteiger partial charge in [0.25, 0.3) is 6.43 Å². The van der Waals surface area contributed by atoms with Crippen LogP contribution in [0.4, 0.5) is 22.0 Å². The second-order valence-corrected chi connectivity index (χ2v) is 4.67. The zero-order valence-electron chi connectivity index (χ0n) is 11.7. The van der Waals surface area contributed by atoms with Crippen molar-refractivity contribution in [3.05, 3.63) is 23.0 Å². The molecule has 8 heteroatoms. The highest BCUT2D eigenvalue weighted by Crippen LogP contribution is 2.26. The van der Waals surface area contributed by atoms with Gasteiger partial charge in [0.15, 0.2) is 0 Å². The SMILES string of the molecule is C#C/C(N)=C(/C=C(/N)CN(C)CC(C)C(F)(F)F)C(F)F. The lowest BCUT2D eigenvalue weighted by Crippen LogP contribution is -2.34. The molecule has 1 unspecified atom stereocenters. The minimum absolute atomic E-state index is 0.0552. The monoisotopic (exact) mass is 311 g/mol. The van der Waals surface area contributed by atoms with Gasteiger partial charge in [0.05, 0.1) is 17.2 Å². The van der Waals surface area contributed by atoms with E-state index in [1.54, 1.807) is 0 Å². The molecular formula is C13H18F5N3. The van der Waals surface area contributed by atoms with Crippen LogP contribution in [0.1, 0.15) is 6.92 Å². The molecule has 120 valence electrons. The van der Waals surface area contributed by atoms with E-state index in [0.29, 0.717) is 0 Å². The van der Waals surface area contributed by atoms with Gasteiger partial charge in [-0.3, -0.25) is 0 Å².